The van der Waals surface area contributed by atoms with Crippen LogP contribution in [-0.2, 0) is 6.42 Å². The smallest absolute Gasteiger partial charge is 0.175 e. The molecule has 2 N–H and O–H groups in total. The van der Waals surface area contributed by atoms with Crippen LogP contribution in [0.3, 0.4) is 0 Å². The Labute approximate surface area is 127 Å². The van der Waals surface area contributed by atoms with Crippen LogP contribution in [0.2, 0.25) is 0 Å². The van der Waals surface area contributed by atoms with Crippen LogP contribution in [0.4, 0.5) is 5.82 Å². The second-order valence-corrected chi connectivity index (χ2v) is 5.83. The van der Waals surface area contributed by atoms with Crippen molar-refractivity contribution in [1.29, 1.82) is 0 Å². The molecule has 1 aromatic heterocycles. The van der Waals surface area contributed by atoms with Gasteiger partial charge in [-0.2, -0.15) is 0 Å². The predicted octanol–water partition coefficient (Wildman–Crippen LogP) is 5.05. The Kier molecular flexibility index (Phi) is 5.43. The van der Waals surface area contributed by atoms with E-state index in [9.17, 15) is 0 Å². The molecule has 1 aromatic carbocycles. The van der Waals surface area contributed by atoms with Crippen LogP contribution in [0.25, 0.3) is 11.1 Å². The van der Waals surface area contributed by atoms with Crippen molar-refractivity contribution in [3.8, 4) is 11.1 Å². The van der Waals surface area contributed by atoms with Crippen molar-refractivity contribution in [2.24, 2.45) is 0 Å². The zero-order valence-electron chi connectivity index (χ0n) is 13.4. The van der Waals surface area contributed by atoms with Crippen molar-refractivity contribution >= 4 is 5.82 Å². The number of unbranched alkanes of at least 4 members (excludes halogenated alkanes) is 4. The molecule has 0 saturated carbocycles. The Balaban J connectivity index is 2.12. The van der Waals surface area contributed by atoms with Gasteiger partial charge in [0, 0.05) is 6.42 Å². The summed E-state index contributed by atoms with van der Waals surface area (Å²) in [6.45, 7) is 6.46. The second-order valence-electron chi connectivity index (χ2n) is 5.83. The first-order valence-electron chi connectivity index (χ1n) is 7.95. The zero-order valence-corrected chi connectivity index (χ0v) is 13.4. The minimum absolute atomic E-state index is 0.502. The molecule has 2 aromatic rings. The van der Waals surface area contributed by atoms with Crippen molar-refractivity contribution in [2.45, 2.75) is 59.3 Å². The molecular formula is C18H26N2O. The maximum atomic E-state index is 6.01. The molecule has 0 fully saturated rings. The lowest BCUT2D eigenvalue weighted by Gasteiger charge is -2.06. The fourth-order valence-electron chi connectivity index (χ4n) is 2.60. The van der Waals surface area contributed by atoms with Gasteiger partial charge in [-0.25, -0.2) is 0 Å². The number of nitrogen functional groups attached to an aromatic ring is 1. The highest BCUT2D eigenvalue weighted by Gasteiger charge is 2.15. The molecule has 0 amide bonds. The Morgan fingerprint density at radius 2 is 1.81 bits per heavy atom. The lowest BCUT2D eigenvalue weighted by Crippen LogP contribution is -1.93. The van der Waals surface area contributed by atoms with Gasteiger partial charge in [0.05, 0.1) is 5.56 Å². The van der Waals surface area contributed by atoms with E-state index in [-0.39, 0.29) is 0 Å². The summed E-state index contributed by atoms with van der Waals surface area (Å²) < 4.78 is 5.45. The van der Waals surface area contributed by atoms with Crippen LogP contribution in [0, 0.1) is 13.8 Å². The van der Waals surface area contributed by atoms with Crippen LogP contribution in [-0.4, -0.2) is 5.16 Å². The fourth-order valence-corrected chi connectivity index (χ4v) is 2.60. The third kappa shape index (κ3) is 3.87. The zero-order chi connectivity index (χ0) is 15.2. The number of rotatable bonds is 7. The van der Waals surface area contributed by atoms with E-state index >= 15 is 0 Å². The van der Waals surface area contributed by atoms with E-state index in [1.165, 1.54) is 36.8 Å². The quantitative estimate of drug-likeness (QED) is 0.724. The first kappa shape index (κ1) is 15.6. The molecule has 0 radical (unpaired) electrons. The van der Waals surface area contributed by atoms with Crippen molar-refractivity contribution in [1.82, 2.24) is 5.16 Å². The third-order valence-electron chi connectivity index (χ3n) is 4.09. The van der Waals surface area contributed by atoms with Crippen molar-refractivity contribution in [3.05, 3.63) is 35.1 Å². The van der Waals surface area contributed by atoms with Gasteiger partial charge >= 0.3 is 0 Å². The van der Waals surface area contributed by atoms with Crippen LogP contribution in [0.15, 0.2) is 22.7 Å². The molecule has 21 heavy (non-hydrogen) atoms. The third-order valence-corrected chi connectivity index (χ3v) is 4.09. The van der Waals surface area contributed by atoms with Gasteiger partial charge in [0.25, 0.3) is 0 Å². The molecule has 1 heterocycles. The summed E-state index contributed by atoms with van der Waals surface area (Å²) in [4.78, 5) is 0. The Morgan fingerprint density at radius 1 is 1.05 bits per heavy atom. The van der Waals surface area contributed by atoms with Gasteiger partial charge in [-0.1, -0.05) is 56.0 Å². The molecule has 114 valence electrons. The van der Waals surface area contributed by atoms with E-state index in [2.05, 4.69) is 44.1 Å². The predicted molar refractivity (Wildman–Crippen MR) is 88.3 cm³/mol. The number of benzene rings is 1. The number of nitrogens with zero attached hydrogens (tertiary/aromatic N) is 1. The summed E-state index contributed by atoms with van der Waals surface area (Å²) in [5, 5.41) is 3.96. The van der Waals surface area contributed by atoms with Gasteiger partial charge in [-0.3, -0.25) is 0 Å². The van der Waals surface area contributed by atoms with Crippen molar-refractivity contribution < 1.29 is 4.52 Å². The molecule has 0 bridgehead atoms. The lowest BCUT2D eigenvalue weighted by molar-refractivity contribution is 0.381. The summed E-state index contributed by atoms with van der Waals surface area (Å²) in [6, 6.07) is 6.40. The topological polar surface area (TPSA) is 52.0 Å². The number of aryl methyl sites for hydroxylation is 3. The van der Waals surface area contributed by atoms with Crippen LogP contribution in [0.5, 0.6) is 0 Å². The summed E-state index contributed by atoms with van der Waals surface area (Å²) in [5.41, 5.74) is 10.7. The van der Waals surface area contributed by atoms with Gasteiger partial charge in [-0.15, -0.1) is 0 Å². The normalized spacial score (nSPS) is 11.0. The molecule has 0 spiro atoms. The number of hydrogen-bond acceptors (Lipinski definition) is 3. The molecule has 0 saturated heterocycles. The van der Waals surface area contributed by atoms with Crippen molar-refractivity contribution in [3.63, 3.8) is 0 Å². The first-order chi connectivity index (χ1) is 10.1. The van der Waals surface area contributed by atoms with Crippen LogP contribution < -0.4 is 5.73 Å². The summed E-state index contributed by atoms with van der Waals surface area (Å²) in [6.07, 6.45) is 7.15. The van der Waals surface area contributed by atoms with Gasteiger partial charge in [-0.05, 0) is 37.0 Å². The number of nitrogens with two attached hydrogens (primary N) is 1. The van der Waals surface area contributed by atoms with E-state index < -0.39 is 0 Å². The highest BCUT2D eigenvalue weighted by molar-refractivity contribution is 5.76. The highest BCUT2D eigenvalue weighted by atomic mass is 16.5. The lowest BCUT2D eigenvalue weighted by atomic mass is 9.98. The summed E-state index contributed by atoms with van der Waals surface area (Å²) in [5.74, 6) is 1.43. The van der Waals surface area contributed by atoms with Crippen molar-refractivity contribution in [2.75, 3.05) is 5.73 Å². The van der Waals surface area contributed by atoms with E-state index in [0.29, 0.717) is 5.82 Å². The molecular weight excluding hydrogens is 260 g/mol. The fraction of sp³-hybridized carbons (Fsp3) is 0.500. The average Bonchev–Trinajstić information content (AvgIpc) is 2.83. The average molecular weight is 286 g/mol. The minimum atomic E-state index is 0.502. The van der Waals surface area contributed by atoms with Crippen LogP contribution in [0.1, 0.15) is 55.9 Å². The maximum Gasteiger partial charge on any atom is 0.175 e. The minimum Gasteiger partial charge on any atom is -0.380 e. The molecule has 0 aliphatic rings. The number of anilines is 1. The van der Waals surface area contributed by atoms with Gasteiger partial charge in [0.1, 0.15) is 5.76 Å². The molecule has 2 rings (SSSR count). The number of aromatic nitrogens is 1. The van der Waals surface area contributed by atoms with Crippen LogP contribution >= 0.6 is 0 Å². The van der Waals surface area contributed by atoms with E-state index in [1.54, 1.807) is 0 Å². The highest BCUT2D eigenvalue weighted by Crippen LogP contribution is 2.31. The molecule has 0 unspecified atom stereocenters. The first-order valence-corrected chi connectivity index (χ1v) is 7.95. The maximum absolute atomic E-state index is 6.01. The number of hydrogen-bond donors (Lipinski definition) is 1. The molecule has 3 heteroatoms. The molecule has 0 aliphatic heterocycles. The Bertz CT molecular complexity index is 587. The molecule has 3 nitrogen and oxygen atoms in total. The Morgan fingerprint density at radius 3 is 2.52 bits per heavy atom. The van der Waals surface area contributed by atoms with E-state index in [4.69, 9.17) is 10.3 Å². The molecule has 0 aliphatic carbocycles. The standard InChI is InChI=1S/C18H26N2O/c1-4-5-6-7-8-9-16-17(18(19)20-21-16)15-11-10-13(2)14(3)12-15/h10-12H,4-9H2,1-3H3,(H2,19,20). The monoisotopic (exact) mass is 286 g/mol. The SMILES string of the molecule is CCCCCCCc1onc(N)c1-c1ccc(C)c(C)c1. The van der Waals surface area contributed by atoms with Gasteiger partial charge < -0.3 is 10.3 Å². The summed E-state index contributed by atoms with van der Waals surface area (Å²) in [7, 11) is 0. The van der Waals surface area contributed by atoms with Gasteiger partial charge in [0.15, 0.2) is 5.82 Å². The van der Waals surface area contributed by atoms with E-state index in [0.717, 1.165) is 29.7 Å². The second kappa shape index (κ2) is 7.30. The molecule has 0 atom stereocenters. The van der Waals surface area contributed by atoms with E-state index in [1.807, 2.05) is 0 Å². The largest absolute Gasteiger partial charge is 0.380 e. The Hall–Kier alpha value is -1.77. The summed E-state index contributed by atoms with van der Waals surface area (Å²) >= 11 is 0. The van der Waals surface area contributed by atoms with Gasteiger partial charge in [0.2, 0.25) is 0 Å².